The summed E-state index contributed by atoms with van der Waals surface area (Å²) in [6.07, 6.45) is 0. The van der Waals surface area contributed by atoms with E-state index in [0.717, 1.165) is 12.1 Å². The molecule has 1 aromatic carbocycles. The molecule has 1 aromatic rings. The van der Waals surface area contributed by atoms with Gasteiger partial charge in [-0.2, -0.15) is 0 Å². The SMILES string of the molecule is NCCOCCOCCNC(=O)CNc1ccc([N+](=O)[O-])cc1[N+](=O)[O-]. The molecule has 1 amide bonds. The van der Waals surface area contributed by atoms with Crippen LogP contribution >= 0.6 is 0 Å². The van der Waals surface area contributed by atoms with Crippen molar-refractivity contribution < 1.29 is 24.1 Å². The van der Waals surface area contributed by atoms with E-state index in [1.54, 1.807) is 0 Å². The van der Waals surface area contributed by atoms with Gasteiger partial charge in [-0.15, -0.1) is 0 Å². The van der Waals surface area contributed by atoms with Crippen molar-refractivity contribution in [3.8, 4) is 0 Å². The smallest absolute Gasteiger partial charge is 0.299 e. The summed E-state index contributed by atoms with van der Waals surface area (Å²) >= 11 is 0. The van der Waals surface area contributed by atoms with Crippen molar-refractivity contribution in [1.29, 1.82) is 0 Å². The number of nitro benzene ring substituents is 2. The minimum atomic E-state index is -0.756. The Hall–Kier alpha value is -2.83. The van der Waals surface area contributed by atoms with Crippen LogP contribution < -0.4 is 16.4 Å². The molecule has 4 N–H and O–H groups in total. The molecule has 0 aliphatic carbocycles. The Kier molecular flexibility index (Phi) is 9.53. The molecule has 0 radical (unpaired) electrons. The van der Waals surface area contributed by atoms with Gasteiger partial charge in [-0.05, 0) is 6.07 Å². The predicted octanol–water partition coefficient (Wildman–Crippen LogP) is 0.0230. The van der Waals surface area contributed by atoms with Gasteiger partial charge in [0.15, 0.2) is 0 Å². The van der Waals surface area contributed by atoms with Crippen molar-refractivity contribution in [3.05, 3.63) is 38.4 Å². The fraction of sp³-hybridized carbons (Fsp3) is 0.500. The van der Waals surface area contributed by atoms with E-state index in [-0.39, 0.29) is 25.4 Å². The Morgan fingerprint density at radius 2 is 1.77 bits per heavy atom. The third kappa shape index (κ3) is 7.83. The molecular formula is C14H21N5O7. The van der Waals surface area contributed by atoms with Crippen LogP contribution in [0.25, 0.3) is 0 Å². The van der Waals surface area contributed by atoms with Crippen LogP contribution in [-0.2, 0) is 14.3 Å². The molecule has 0 aromatic heterocycles. The number of nitro groups is 2. The summed E-state index contributed by atoms with van der Waals surface area (Å²) in [7, 11) is 0. The highest BCUT2D eigenvalue weighted by Gasteiger charge is 2.19. The summed E-state index contributed by atoms with van der Waals surface area (Å²) in [4.78, 5) is 31.9. The lowest BCUT2D eigenvalue weighted by Gasteiger charge is -2.09. The fourth-order valence-corrected chi connectivity index (χ4v) is 1.84. The summed E-state index contributed by atoms with van der Waals surface area (Å²) < 4.78 is 10.3. The molecule has 0 heterocycles. The van der Waals surface area contributed by atoms with Gasteiger partial charge >= 0.3 is 0 Å². The van der Waals surface area contributed by atoms with Crippen molar-refractivity contribution in [2.24, 2.45) is 5.73 Å². The number of nitrogens with one attached hydrogen (secondary N) is 2. The molecule has 144 valence electrons. The molecule has 0 bridgehead atoms. The first kappa shape index (κ1) is 21.2. The molecule has 0 atom stereocenters. The van der Waals surface area contributed by atoms with E-state index in [1.807, 2.05) is 0 Å². The van der Waals surface area contributed by atoms with Crippen LogP contribution in [0.5, 0.6) is 0 Å². The maximum absolute atomic E-state index is 11.7. The number of hydrogen-bond acceptors (Lipinski definition) is 9. The third-order valence-corrected chi connectivity index (χ3v) is 3.03. The summed E-state index contributed by atoms with van der Waals surface area (Å²) in [6.45, 7) is 2.02. The molecule has 0 saturated heterocycles. The number of anilines is 1. The van der Waals surface area contributed by atoms with Gasteiger partial charge in [0.2, 0.25) is 5.91 Å². The normalized spacial score (nSPS) is 10.3. The number of carbonyl (C=O) groups excluding carboxylic acids is 1. The lowest BCUT2D eigenvalue weighted by atomic mass is 10.2. The number of amides is 1. The minimum Gasteiger partial charge on any atom is -0.378 e. The molecule has 1 rings (SSSR count). The monoisotopic (exact) mass is 371 g/mol. The highest BCUT2D eigenvalue weighted by molar-refractivity contribution is 5.81. The second-order valence-electron chi connectivity index (χ2n) is 4.93. The van der Waals surface area contributed by atoms with Gasteiger partial charge in [-0.3, -0.25) is 25.0 Å². The van der Waals surface area contributed by atoms with Crippen molar-refractivity contribution in [2.75, 3.05) is 51.4 Å². The first-order valence-electron chi connectivity index (χ1n) is 7.74. The topological polar surface area (TPSA) is 172 Å². The van der Waals surface area contributed by atoms with E-state index >= 15 is 0 Å². The molecule has 0 unspecified atom stereocenters. The maximum atomic E-state index is 11.7. The Balaban J connectivity index is 2.34. The van der Waals surface area contributed by atoms with E-state index in [1.165, 1.54) is 6.07 Å². The number of rotatable bonds is 13. The molecule has 0 aliphatic rings. The number of hydrogen-bond donors (Lipinski definition) is 3. The van der Waals surface area contributed by atoms with Crippen LogP contribution in [0.3, 0.4) is 0 Å². The minimum absolute atomic E-state index is 0.0176. The third-order valence-electron chi connectivity index (χ3n) is 3.03. The summed E-state index contributed by atoms with van der Waals surface area (Å²) in [5, 5.41) is 26.8. The van der Waals surface area contributed by atoms with E-state index < -0.39 is 27.1 Å². The number of nitrogens with two attached hydrogens (primary N) is 1. The molecular weight excluding hydrogens is 350 g/mol. The summed E-state index contributed by atoms with van der Waals surface area (Å²) in [6, 6.07) is 3.14. The molecule has 0 aliphatic heterocycles. The summed E-state index contributed by atoms with van der Waals surface area (Å²) in [5.74, 6) is -0.402. The average Bonchev–Trinajstić information content (AvgIpc) is 2.61. The van der Waals surface area contributed by atoms with Crippen LogP contribution in [-0.4, -0.2) is 61.8 Å². The first-order valence-corrected chi connectivity index (χ1v) is 7.74. The van der Waals surface area contributed by atoms with Crippen molar-refractivity contribution in [2.45, 2.75) is 0 Å². The van der Waals surface area contributed by atoms with Crippen molar-refractivity contribution >= 4 is 23.0 Å². The van der Waals surface area contributed by atoms with E-state index in [4.69, 9.17) is 15.2 Å². The van der Waals surface area contributed by atoms with Gasteiger partial charge in [-0.25, -0.2) is 0 Å². The standard InChI is InChI=1S/C14H21N5O7/c15-3-5-25-7-8-26-6-4-16-14(20)10-17-12-2-1-11(18(21)22)9-13(12)19(23)24/h1-2,9,17H,3-8,10,15H2,(H,16,20). The van der Waals surface area contributed by atoms with E-state index in [2.05, 4.69) is 10.6 Å². The first-order chi connectivity index (χ1) is 12.5. The van der Waals surface area contributed by atoms with Crippen LogP contribution in [0, 0.1) is 20.2 Å². The van der Waals surface area contributed by atoms with Crippen LogP contribution in [0.15, 0.2) is 18.2 Å². The Labute approximate surface area is 148 Å². The highest BCUT2D eigenvalue weighted by atomic mass is 16.6. The van der Waals surface area contributed by atoms with Gasteiger partial charge in [0.1, 0.15) is 5.69 Å². The number of ether oxygens (including phenoxy) is 2. The number of non-ortho nitro benzene ring substituents is 1. The molecule has 12 heteroatoms. The van der Waals surface area contributed by atoms with Gasteiger partial charge in [-0.1, -0.05) is 0 Å². The van der Waals surface area contributed by atoms with Gasteiger partial charge in [0.05, 0.1) is 48.9 Å². The van der Waals surface area contributed by atoms with E-state index in [9.17, 15) is 25.0 Å². The molecule has 0 fully saturated rings. The molecule has 26 heavy (non-hydrogen) atoms. The zero-order valence-corrected chi connectivity index (χ0v) is 14.0. The highest BCUT2D eigenvalue weighted by Crippen LogP contribution is 2.28. The maximum Gasteiger partial charge on any atom is 0.299 e. The zero-order chi connectivity index (χ0) is 19.4. The Morgan fingerprint density at radius 1 is 1.08 bits per heavy atom. The Bertz CT molecular complexity index is 626. The van der Waals surface area contributed by atoms with Crippen LogP contribution in [0.4, 0.5) is 17.1 Å². The van der Waals surface area contributed by atoms with Gasteiger partial charge < -0.3 is 25.8 Å². The Morgan fingerprint density at radius 3 is 2.38 bits per heavy atom. The second-order valence-corrected chi connectivity index (χ2v) is 4.93. The second kappa shape index (κ2) is 11.7. The van der Waals surface area contributed by atoms with Crippen molar-refractivity contribution in [3.63, 3.8) is 0 Å². The number of benzene rings is 1. The predicted molar refractivity (Wildman–Crippen MR) is 91.9 cm³/mol. The number of nitrogens with zero attached hydrogens (tertiary/aromatic N) is 2. The van der Waals surface area contributed by atoms with Gasteiger partial charge in [0.25, 0.3) is 11.4 Å². The molecule has 0 saturated carbocycles. The zero-order valence-electron chi connectivity index (χ0n) is 14.0. The fourth-order valence-electron chi connectivity index (χ4n) is 1.84. The average molecular weight is 371 g/mol. The summed E-state index contributed by atoms with van der Waals surface area (Å²) in [5.41, 5.74) is 4.39. The van der Waals surface area contributed by atoms with E-state index in [0.29, 0.717) is 26.4 Å². The molecule has 12 nitrogen and oxygen atoms in total. The van der Waals surface area contributed by atoms with Crippen LogP contribution in [0.1, 0.15) is 0 Å². The van der Waals surface area contributed by atoms with Gasteiger partial charge in [0, 0.05) is 19.2 Å². The number of carbonyl (C=O) groups is 1. The van der Waals surface area contributed by atoms with Crippen molar-refractivity contribution in [1.82, 2.24) is 5.32 Å². The van der Waals surface area contributed by atoms with Crippen LogP contribution in [0.2, 0.25) is 0 Å². The largest absolute Gasteiger partial charge is 0.378 e. The lowest BCUT2D eigenvalue weighted by molar-refractivity contribution is -0.393. The lowest BCUT2D eigenvalue weighted by Crippen LogP contribution is -2.32. The quantitative estimate of drug-likeness (QED) is 0.245. The molecule has 0 spiro atoms.